The number of nitrogens with zero attached hydrogens (tertiary/aromatic N) is 1. The van der Waals surface area contributed by atoms with Gasteiger partial charge in [-0.05, 0) is 31.6 Å². The smallest absolute Gasteiger partial charge is 0.229 e. The van der Waals surface area contributed by atoms with E-state index in [0.717, 1.165) is 18.9 Å². The third kappa shape index (κ3) is 1.97. The maximum atomic E-state index is 12.5. The number of hydrogen-bond donors (Lipinski definition) is 1. The predicted octanol–water partition coefficient (Wildman–Crippen LogP) is 0.751. The Morgan fingerprint density at radius 2 is 2.00 bits per heavy atom. The Hall–Kier alpha value is -0.610. The molecular formula is C13H22N2O2. The third-order valence-electron chi connectivity index (χ3n) is 4.72. The number of hydrogen-bond acceptors (Lipinski definition) is 3. The molecule has 3 aliphatic rings. The highest BCUT2D eigenvalue weighted by molar-refractivity contribution is 5.80. The minimum absolute atomic E-state index is 0.0886. The molecule has 96 valence electrons. The van der Waals surface area contributed by atoms with Gasteiger partial charge in [-0.1, -0.05) is 6.42 Å². The van der Waals surface area contributed by atoms with Crippen molar-refractivity contribution in [3.63, 3.8) is 0 Å². The number of ether oxygens (including phenoxy) is 1. The molecule has 2 aliphatic heterocycles. The van der Waals surface area contributed by atoms with Crippen LogP contribution in [0.15, 0.2) is 0 Å². The molecule has 0 aromatic rings. The SMILES string of the molecule is NC1COCC1C(=O)N1CCCC2CCCC21. The van der Waals surface area contributed by atoms with Gasteiger partial charge in [-0.3, -0.25) is 4.79 Å². The number of likely N-dealkylation sites (tertiary alicyclic amines) is 1. The van der Waals surface area contributed by atoms with Crippen molar-refractivity contribution >= 4 is 5.91 Å². The second kappa shape index (κ2) is 4.58. The monoisotopic (exact) mass is 238 g/mol. The number of piperidine rings is 1. The Balaban J connectivity index is 1.72. The average molecular weight is 238 g/mol. The summed E-state index contributed by atoms with van der Waals surface area (Å²) < 4.78 is 5.32. The van der Waals surface area contributed by atoms with Crippen LogP contribution in [0, 0.1) is 11.8 Å². The molecule has 1 aliphatic carbocycles. The van der Waals surface area contributed by atoms with Gasteiger partial charge in [-0.2, -0.15) is 0 Å². The van der Waals surface area contributed by atoms with Crippen molar-refractivity contribution in [1.29, 1.82) is 0 Å². The van der Waals surface area contributed by atoms with Crippen molar-refractivity contribution < 1.29 is 9.53 Å². The molecule has 2 N–H and O–H groups in total. The summed E-state index contributed by atoms with van der Waals surface area (Å²) in [6.45, 7) is 2.00. The number of fused-ring (bicyclic) bond motifs is 1. The van der Waals surface area contributed by atoms with E-state index < -0.39 is 0 Å². The van der Waals surface area contributed by atoms with E-state index in [1.807, 2.05) is 0 Å². The second-order valence-corrected chi connectivity index (χ2v) is 5.74. The first-order valence-electron chi connectivity index (χ1n) is 6.91. The maximum absolute atomic E-state index is 12.5. The van der Waals surface area contributed by atoms with Crippen LogP contribution in [0.2, 0.25) is 0 Å². The molecule has 17 heavy (non-hydrogen) atoms. The van der Waals surface area contributed by atoms with Crippen LogP contribution in [0.5, 0.6) is 0 Å². The molecule has 4 nitrogen and oxygen atoms in total. The second-order valence-electron chi connectivity index (χ2n) is 5.74. The highest BCUT2D eigenvalue weighted by atomic mass is 16.5. The Kier molecular flexibility index (Phi) is 3.09. The quantitative estimate of drug-likeness (QED) is 0.733. The Labute approximate surface area is 102 Å². The van der Waals surface area contributed by atoms with Crippen molar-refractivity contribution in [2.45, 2.75) is 44.2 Å². The summed E-state index contributed by atoms with van der Waals surface area (Å²) in [5.41, 5.74) is 5.95. The topological polar surface area (TPSA) is 55.6 Å². The molecule has 0 aromatic carbocycles. The van der Waals surface area contributed by atoms with Crippen LogP contribution >= 0.6 is 0 Å². The number of carbonyl (C=O) groups excluding carboxylic acids is 1. The van der Waals surface area contributed by atoms with Crippen LogP contribution in [-0.2, 0) is 9.53 Å². The van der Waals surface area contributed by atoms with Crippen molar-refractivity contribution in [1.82, 2.24) is 4.90 Å². The number of amides is 1. The Morgan fingerprint density at radius 1 is 1.18 bits per heavy atom. The summed E-state index contributed by atoms with van der Waals surface area (Å²) in [6, 6.07) is 0.410. The third-order valence-corrected chi connectivity index (χ3v) is 4.72. The van der Waals surface area contributed by atoms with E-state index in [1.54, 1.807) is 0 Å². The van der Waals surface area contributed by atoms with Crippen molar-refractivity contribution in [3.05, 3.63) is 0 Å². The lowest BCUT2D eigenvalue weighted by molar-refractivity contribution is -0.140. The van der Waals surface area contributed by atoms with E-state index in [1.165, 1.54) is 25.7 Å². The average Bonchev–Trinajstić information content (AvgIpc) is 2.95. The molecular weight excluding hydrogens is 216 g/mol. The predicted molar refractivity (Wildman–Crippen MR) is 64.4 cm³/mol. The van der Waals surface area contributed by atoms with Crippen LogP contribution < -0.4 is 5.73 Å². The van der Waals surface area contributed by atoms with E-state index in [9.17, 15) is 4.79 Å². The zero-order valence-corrected chi connectivity index (χ0v) is 10.3. The standard InChI is InChI=1S/C13H22N2O2/c14-11-8-17-7-10(11)13(16)15-6-2-4-9-3-1-5-12(9)15/h9-12H,1-8,14H2. The van der Waals surface area contributed by atoms with E-state index in [0.29, 0.717) is 19.3 Å². The zero-order chi connectivity index (χ0) is 11.8. The molecule has 1 amide bonds. The number of rotatable bonds is 1. The van der Waals surface area contributed by atoms with Gasteiger partial charge in [0.2, 0.25) is 5.91 Å². The molecule has 3 fully saturated rings. The summed E-state index contributed by atoms with van der Waals surface area (Å²) in [5, 5.41) is 0. The molecule has 1 saturated carbocycles. The summed E-state index contributed by atoms with van der Waals surface area (Å²) in [6.07, 6.45) is 6.25. The first kappa shape index (κ1) is 11.5. The van der Waals surface area contributed by atoms with Crippen LogP contribution in [0.3, 0.4) is 0 Å². The lowest BCUT2D eigenvalue weighted by Gasteiger charge is -2.39. The summed E-state index contributed by atoms with van der Waals surface area (Å²) in [5.74, 6) is 0.923. The minimum atomic E-state index is -0.0933. The van der Waals surface area contributed by atoms with E-state index >= 15 is 0 Å². The minimum Gasteiger partial charge on any atom is -0.379 e. The molecule has 2 heterocycles. The molecule has 4 heteroatoms. The van der Waals surface area contributed by atoms with Gasteiger partial charge in [0.25, 0.3) is 0 Å². The van der Waals surface area contributed by atoms with Crippen LogP contribution in [0.1, 0.15) is 32.1 Å². The van der Waals surface area contributed by atoms with Gasteiger partial charge in [0.15, 0.2) is 0 Å². The molecule has 4 unspecified atom stereocenters. The normalized spacial score (nSPS) is 41.6. The Morgan fingerprint density at radius 3 is 2.76 bits per heavy atom. The Bertz CT molecular complexity index is 308. The number of carbonyl (C=O) groups is 1. The van der Waals surface area contributed by atoms with E-state index in [2.05, 4.69) is 4.90 Å². The molecule has 4 atom stereocenters. The summed E-state index contributed by atoms with van der Waals surface area (Å²) in [7, 11) is 0. The molecule has 0 spiro atoms. The molecule has 0 bridgehead atoms. The van der Waals surface area contributed by atoms with Gasteiger partial charge in [0, 0.05) is 18.6 Å². The largest absolute Gasteiger partial charge is 0.379 e. The van der Waals surface area contributed by atoms with Gasteiger partial charge < -0.3 is 15.4 Å². The molecule has 0 aromatic heterocycles. The van der Waals surface area contributed by atoms with Crippen LogP contribution in [0.25, 0.3) is 0 Å². The highest BCUT2D eigenvalue weighted by Gasteiger charge is 2.42. The van der Waals surface area contributed by atoms with Crippen molar-refractivity contribution in [3.8, 4) is 0 Å². The van der Waals surface area contributed by atoms with Gasteiger partial charge in [-0.25, -0.2) is 0 Å². The summed E-state index contributed by atoms with van der Waals surface area (Å²) in [4.78, 5) is 14.6. The summed E-state index contributed by atoms with van der Waals surface area (Å²) >= 11 is 0. The maximum Gasteiger partial charge on any atom is 0.229 e. The lowest BCUT2D eigenvalue weighted by Crippen LogP contribution is -2.51. The van der Waals surface area contributed by atoms with Crippen LogP contribution in [-0.4, -0.2) is 42.6 Å². The van der Waals surface area contributed by atoms with Gasteiger partial charge in [0.1, 0.15) is 0 Å². The van der Waals surface area contributed by atoms with Gasteiger partial charge >= 0.3 is 0 Å². The van der Waals surface area contributed by atoms with Gasteiger partial charge in [-0.15, -0.1) is 0 Å². The fraction of sp³-hybridized carbons (Fsp3) is 0.923. The van der Waals surface area contributed by atoms with E-state index in [4.69, 9.17) is 10.5 Å². The molecule has 0 radical (unpaired) electrons. The lowest BCUT2D eigenvalue weighted by atomic mass is 9.90. The molecule has 3 rings (SSSR count). The van der Waals surface area contributed by atoms with Crippen molar-refractivity contribution in [2.24, 2.45) is 17.6 Å². The first-order valence-corrected chi connectivity index (χ1v) is 6.91. The van der Waals surface area contributed by atoms with Crippen LogP contribution in [0.4, 0.5) is 0 Å². The van der Waals surface area contributed by atoms with Crippen molar-refractivity contribution in [2.75, 3.05) is 19.8 Å². The van der Waals surface area contributed by atoms with Gasteiger partial charge in [0.05, 0.1) is 19.1 Å². The highest BCUT2D eigenvalue weighted by Crippen LogP contribution is 2.37. The molecule has 2 saturated heterocycles. The number of nitrogens with two attached hydrogens (primary N) is 1. The van der Waals surface area contributed by atoms with E-state index in [-0.39, 0.29) is 17.9 Å². The fourth-order valence-electron chi connectivity index (χ4n) is 3.77. The fourth-order valence-corrected chi connectivity index (χ4v) is 3.77. The first-order chi connectivity index (χ1) is 8.27. The zero-order valence-electron chi connectivity index (χ0n) is 10.3.